The standard InChI is InChI=1S/C19H16N2O/c1-14-6-2-3-7-16(14)18-12-15(9-11-21-18)13-19(22)17-8-4-5-10-20-17/h2-12H,13H2,1H3. The van der Waals surface area contributed by atoms with Crippen molar-refractivity contribution in [2.45, 2.75) is 13.3 Å². The molecule has 0 aliphatic rings. The Morgan fingerprint density at radius 3 is 2.55 bits per heavy atom. The average molecular weight is 288 g/mol. The highest BCUT2D eigenvalue weighted by Gasteiger charge is 2.09. The minimum absolute atomic E-state index is 0.0162. The van der Waals surface area contributed by atoms with Crippen molar-refractivity contribution in [3.05, 3.63) is 83.8 Å². The molecule has 0 saturated carbocycles. The normalized spacial score (nSPS) is 10.4. The van der Waals surface area contributed by atoms with Gasteiger partial charge in [0, 0.05) is 24.4 Å². The lowest BCUT2D eigenvalue weighted by molar-refractivity contribution is 0.0988. The summed E-state index contributed by atoms with van der Waals surface area (Å²) < 4.78 is 0. The van der Waals surface area contributed by atoms with E-state index in [0.29, 0.717) is 12.1 Å². The first-order valence-electron chi connectivity index (χ1n) is 7.19. The number of carbonyl (C=O) groups excluding carboxylic acids is 1. The molecule has 0 aliphatic carbocycles. The molecule has 0 spiro atoms. The molecule has 0 atom stereocenters. The number of benzene rings is 1. The Balaban J connectivity index is 1.86. The maximum absolute atomic E-state index is 12.2. The van der Waals surface area contributed by atoms with E-state index in [9.17, 15) is 4.79 Å². The van der Waals surface area contributed by atoms with Gasteiger partial charge in [-0.2, -0.15) is 0 Å². The highest BCUT2D eigenvalue weighted by molar-refractivity contribution is 5.95. The predicted octanol–water partition coefficient (Wildman–Crippen LogP) is 3.88. The smallest absolute Gasteiger partial charge is 0.185 e. The molecule has 0 amide bonds. The van der Waals surface area contributed by atoms with Crippen LogP contribution in [-0.4, -0.2) is 15.8 Å². The first kappa shape index (κ1) is 14.1. The van der Waals surface area contributed by atoms with Crippen molar-refractivity contribution < 1.29 is 4.79 Å². The van der Waals surface area contributed by atoms with Crippen molar-refractivity contribution in [2.75, 3.05) is 0 Å². The van der Waals surface area contributed by atoms with E-state index in [0.717, 1.165) is 16.8 Å². The quantitative estimate of drug-likeness (QED) is 0.684. The zero-order valence-electron chi connectivity index (χ0n) is 12.4. The first-order chi connectivity index (χ1) is 10.7. The topological polar surface area (TPSA) is 42.9 Å². The van der Waals surface area contributed by atoms with Gasteiger partial charge in [-0.1, -0.05) is 30.3 Å². The Bertz CT molecular complexity index is 797. The van der Waals surface area contributed by atoms with Gasteiger partial charge in [0.05, 0.1) is 5.69 Å². The summed E-state index contributed by atoms with van der Waals surface area (Å²) in [7, 11) is 0. The van der Waals surface area contributed by atoms with Crippen LogP contribution in [-0.2, 0) is 6.42 Å². The second-order valence-electron chi connectivity index (χ2n) is 5.18. The van der Waals surface area contributed by atoms with E-state index in [1.807, 2.05) is 36.4 Å². The van der Waals surface area contributed by atoms with Gasteiger partial charge in [0.1, 0.15) is 5.69 Å². The highest BCUT2D eigenvalue weighted by atomic mass is 16.1. The largest absolute Gasteiger partial charge is 0.292 e. The number of pyridine rings is 2. The number of Topliss-reactive ketones (excluding diaryl/α,β-unsaturated/α-hetero) is 1. The molecule has 0 bridgehead atoms. The van der Waals surface area contributed by atoms with Gasteiger partial charge >= 0.3 is 0 Å². The number of hydrogen-bond acceptors (Lipinski definition) is 3. The summed E-state index contributed by atoms with van der Waals surface area (Å²) in [6.07, 6.45) is 3.72. The number of hydrogen-bond donors (Lipinski definition) is 0. The van der Waals surface area contributed by atoms with E-state index in [4.69, 9.17) is 0 Å². The van der Waals surface area contributed by atoms with Gasteiger partial charge in [0.25, 0.3) is 0 Å². The predicted molar refractivity (Wildman–Crippen MR) is 86.7 cm³/mol. The molecule has 0 radical (unpaired) electrons. The Hall–Kier alpha value is -2.81. The molecule has 0 aliphatic heterocycles. The Morgan fingerprint density at radius 1 is 0.955 bits per heavy atom. The lowest BCUT2D eigenvalue weighted by Crippen LogP contribution is -2.05. The maximum atomic E-state index is 12.2. The lowest BCUT2D eigenvalue weighted by atomic mass is 10.0. The molecule has 2 heterocycles. The SMILES string of the molecule is Cc1ccccc1-c1cc(CC(=O)c2ccccn2)ccn1. The third kappa shape index (κ3) is 3.09. The molecule has 1 aromatic carbocycles. The molecule has 0 fully saturated rings. The monoisotopic (exact) mass is 288 g/mol. The van der Waals surface area contributed by atoms with Crippen LogP contribution in [0.15, 0.2) is 67.0 Å². The first-order valence-corrected chi connectivity index (χ1v) is 7.19. The molecule has 108 valence electrons. The molecular weight excluding hydrogens is 272 g/mol. The molecule has 22 heavy (non-hydrogen) atoms. The van der Waals surface area contributed by atoms with Crippen LogP contribution in [0.5, 0.6) is 0 Å². The summed E-state index contributed by atoms with van der Waals surface area (Å²) in [6.45, 7) is 2.06. The molecular formula is C19H16N2O. The van der Waals surface area contributed by atoms with Gasteiger partial charge in [-0.3, -0.25) is 14.8 Å². The van der Waals surface area contributed by atoms with E-state index >= 15 is 0 Å². The molecule has 3 nitrogen and oxygen atoms in total. The number of aromatic nitrogens is 2. The average Bonchev–Trinajstić information content (AvgIpc) is 2.56. The molecule has 3 aromatic rings. The van der Waals surface area contributed by atoms with E-state index in [1.54, 1.807) is 24.5 Å². The fraction of sp³-hybridized carbons (Fsp3) is 0.105. The van der Waals surface area contributed by atoms with Gasteiger partial charge in [-0.25, -0.2) is 0 Å². The summed E-state index contributed by atoms with van der Waals surface area (Å²) in [5.74, 6) is 0.0162. The van der Waals surface area contributed by atoms with Crippen LogP contribution >= 0.6 is 0 Å². The minimum Gasteiger partial charge on any atom is -0.292 e. The Kier molecular flexibility index (Phi) is 4.05. The third-order valence-electron chi connectivity index (χ3n) is 3.56. The minimum atomic E-state index is 0.0162. The summed E-state index contributed by atoms with van der Waals surface area (Å²) in [5.41, 5.74) is 4.60. The molecule has 3 heteroatoms. The van der Waals surface area contributed by atoms with Gasteiger partial charge in [-0.05, 0) is 42.3 Å². The summed E-state index contributed by atoms with van der Waals surface area (Å²) >= 11 is 0. The second-order valence-corrected chi connectivity index (χ2v) is 5.18. The molecule has 2 aromatic heterocycles. The van der Waals surface area contributed by atoms with Crippen LogP contribution in [0, 0.1) is 6.92 Å². The Morgan fingerprint density at radius 2 is 1.77 bits per heavy atom. The van der Waals surface area contributed by atoms with Crippen LogP contribution in [0.25, 0.3) is 11.3 Å². The van der Waals surface area contributed by atoms with Crippen LogP contribution in [0.1, 0.15) is 21.6 Å². The van der Waals surface area contributed by atoms with Crippen molar-refractivity contribution in [2.24, 2.45) is 0 Å². The van der Waals surface area contributed by atoms with Gasteiger partial charge in [0.2, 0.25) is 0 Å². The summed E-state index contributed by atoms with van der Waals surface area (Å²) in [5, 5.41) is 0. The van der Waals surface area contributed by atoms with Crippen molar-refractivity contribution in [1.82, 2.24) is 9.97 Å². The van der Waals surface area contributed by atoms with E-state index in [2.05, 4.69) is 23.0 Å². The van der Waals surface area contributed by atoms with Gasteiger partial charge in [-0.15, -0.1) is 0 Å². The van der Waals surface area contributed by atoms with Gasteiger partial charge < -0.3 is 0 Å². The molecule has 0 N–H and O–H groups in total. The van der Waals surface area contributed by atoms with Crippen LogP contribution in [0.2, 0.25) is 0 Å². The number of nitrogens with zero attached hydrogens (tertiary/aromatic N) is 2. The summed E-state index contributed by atoms with van der Waals surface area (Å²) in [4.78, 5) is 20.8. The zero-order valence-corrected chi connectivity index (χ0v) is 12.4. The number of rotatable bonds is 4. The second kappa shape index (κ2) is 6.31. The van der Waals surface area contributed by atoms with Crippen molar-refractivity contribution in [1.29, 1.82) is 0 Å². The molecule has 0 saturated heterocycles. The van der Waals surface area contributed by atoms with E-state index in [-0.39, 0.29) is 5.78 Å². The van der Waals surface area contributed by atoms with Crippen molar-refractivity contribution in [3.8, 4) is 11.3 Å². The highest BCUT2D eigenvalue weighted by Crippen LogP contribution is 2.22. The van der Waals surface area contributed by atoms with Crippen LogP contribution in [0.3, 0.4) is 0 Å². The maximum Gasteiger partial charge on any atom is 0.185 e. The van der Waals surface area contributed by atoms with E-state index in [1.165, 1.54) is 5.56 Å². The van der Waals surface area contributed by atoms with Crippen LogP contribution < -0.4 is 0 Å². The fourth-order valence-electron chi connectivity index (χ4n) is 2.40. The van der Waals surface area contributed by atoms with Crippen molar-refractivity contribution >= 4 is 5.78 Å². The molecule has 0 unspecified atom stereocenters. The van der Waals surface area contributed by atoms with Gasteiger partial charge in [0.15, 0.2) is 5.78 Å². The third-order valence-corrected chi connectivity index (χ3v) is 3.56. The molecule has 3 rings (SSSR count). The summed E-state index contributed by atoms with van der Waals surface area (Å²) in [6, 6.07) is 17.3. The lowest BCUT2D eigenvalue weighted by Gasteiger charge is -2.07. The Labute approximate surface area is 129 Å². The number of ketones is 1. The van der Waals surface area contributed by atoms with Crippen LogP contribution in [0.4, 0.5) is 0 Å². The number of carbonyl (C=O) groups is 1. The van der Waals surface area contributed by atoms with Crippen molar-refractivity contribution in [3.63, 3.8) is 0 Å². The number of aryl methyl sites for hydroxylation is 1. The fourth-order valence-corrected chi connectivity index (χ4v) is 2.40. The van der Waals surface area contributed by atoms with E-state index < -0.39 is 0 Å². The zero-order chi connectivity index (χ0) is 15.4.